The second kappa shape index (κ2) is 7.82. The molecule has 8 heteroatoms. The van der Waals surface area contributed by atoms with E-state index in [-0.39, 0.29) is 18.4 Å². The van der Waals surface area contributed by atoms with Crippen LogP contribution >= 0.6 is 0 Å². The Morgan fingerprint density at radius 1 is 1.30 bits per heavy atom. The summed E-state index contributed by atoms with van der Waals surface area (Å²) in [5.41, 5.74) is 6.41. The number of aromatic nitrogens is 1. The summed E-state index contributed by atoms with van der Waals surface area (Å²) >= 11 is 0. The summed E-state index contributed by atoms with van der Waals surface area (Å²) in [6.07, 6.45) is 1.47. The Hall–Kier alpha value is -3.34. The van der Waals surface area contributed by atoms with Crippen LogP contribution in [0.15, 0.2) is 24.4 Å². The first-order chi connectivity index (χ1) is 14.4. The summed E-state index contributed by atoms with van der Waals surface area (Å²) in [4.78, 5) is 29.8. The number of fused-ring (bicyclic) bond motifs is 2. The molecule has 0 bridgehead atoms. The summed E-state index contributed by atoms with van der Waals surface area (Å²) in [5.74, 6) is 1.69. The van der Waals surface area contributed by atoms with E-state index in [0.29, 0.717) is 60.0 Å². The highest BCUT2D eigenvalue weighted by Gasteiger charge is 2.56. The number of carbonyl (C=O) groups is 2. The van der Waals surface area contributed by atoms with Crippen LogP contribution in [0, 0.1) is 29.1 Å². The molecule has 2 N–H and O–H groups in total. The number of pyridine rings is 1. The first kappa shape index (κ1) is 20.0. The van der Waals surface area contributed by atoms with E-state index in [9.17, 15) is 9.59 Å². The zero-order valence-electron chi connectivity index (χ0n) is 17.0. The first-order valence-electron chi connectivity index (χ1n) is 10.1. The van der Waals surface area contributed by atoms with Crippen molar-refractivity contribution in [3.8, 4) is 17.6 Å². The second-order valence-corrected chi connectivity index (χ2v) is 8.14. The van der Waals surface area contributed by atoms with Crippen LogP contribution in [0.5, 0.6) is 11.5 Å². The number of hydrogen-bond acceptors (Lipinski definition) is 6. The minimum absolute atomic E-state index is 0.0579. The molecule has 1 saturated heterocycles. The van der Waals surface area contributed by atoms with Gasteiger partial charge in [0.1, 0.15) is 17.9 Å². The molecule has 1 saturated carbocycles. The highest BCUT2D eigenvalue weighted by atomic mass is 16.5. The van der Waals surface area contributed by atoms with E-state index < -0.39 is 5.91 Å². The van der Waals surface area contributed by atoms with Crippen LogP contribution in [0.3, 0.4) is 0 Å². The van der Waals surface area contributed by atoms with Gasteiger partial charge in [-0.15, -0.1) is 0 Å². The van der Waals surface area contributed by atoms with E-state index in [0.717, 1.165) is 5.39 Å². The predicted octanol–water partition coefficient (Wildman–Crippen LogP) is 2.12. The monoisotopic (exact) mass is 408 g/mol. The van der Waals surface area contributed by atoms with Gasteiger partial charge in [-0.1, -0.05) is 0 Å². The molecule has 1 aromatic heterocycles. The van der Waals surface area contributed by atoms with Crippen LogP contribution in [-0.4, -0.2) is 47.5 Å². The van der Waals surface area contributed by atoms with Gasteiger partial charge >= 0.3 is 0 Å². The van der Waals surface area contributed by atoms with Crippen molar-refractivity contribution in [2.75, 3.05) is 19.7 Å². The van der Waals surface area contributed by atoms with Gasteiger partial charge in [0, 0.05) is 30.6 Å². The van der Waals surface area contributed by atoms with Crippen molar-refractivity contribution < 1.29 is 19.1 Å². The molecule has 1 aliphatic carbocycles. The van der Waals surface area contributed by atoms with Crippen molar-refractivity contribution in [1.82, 2.24) is 9.88 Å². The summed E-state index contributed by atoms with van der Waals surface area (Å²) < 4.78 is 11.9. The highest BCUT2D eigenvalue weighted by molar-refractivity contribution is 6.01. The summed E-state index contributed by atoms with van der Waals surface area (Å²) in [6.45, 7) is 5.71. The Labute approximate surface area is 174 Å². The maximum atomic E-state index is 11.8. The smallest absolute Gasteiger partial charge is 0.252 e. The summed E-state index contributed by atoms with van der Waals surface area (Å²) in [6, 6.07) is 7.10. The fourth-order valence-corrected chi connectivity index (χ4v) is 4.28. The van der Waals surface area contributed by atoms with Gasteiger partial charge in [0.2, 0.25) is 5.91 Å². The molecule has 156 valence electrons. The van der Waals surface area contributed by atoms with Crippen molar-refractivity contribution in [2.45, 2.75) is 26.4 Å². The predicted molar refractivity (Wildman–Crippen MR) is 109 cm³/mol. The lowest BCUT2D eigenvalue weighted by molar-refractivity contribution is -0.129. The zero-order chi connectivity index (χ0) is 21.4. The summed E-state index contributed by atoms with van der Waals surface area (Å²) in [7, 11) is 0. The van der Waals surface area contributed by atoms with E-state index in [1.165, 1.54) is 0 Å². The lowest BCUT2D eigenvalue weighted by Crippen LogP contribution is -2.31. The third-order valence-corrected chi connectivity index (χ3v) is 5.82. The van der Waals surface area contributed by atoms with Crippen LogP contribution in [0.2, 0.25) is 0 Å². The Bertz CT molecular complexity index is 1030. The standard InChI is InChI=1S/C22H24N4O4/c1-12(2)30-20-8-13-18(7-14(20)22(24)28)25-6-4-19(13)29-11-17-15-9-26(10-16(15)17)21(27)3-5-23/h4,6-8,12,15-17H,3,9-11H2,1-2H3,(H2,24,28)/t15-,16+,17+. The average Bonchev–Trinajstić information content (AvgIpc) is 3.14. The number of nitrogens with zero attached hydrogens (tertiary/aromatic N) is 3. The molecule has 0 spiro atoms. The van der Waals surface area contributed by atoms with Crippen molar-refractivity contribution in [3.05, 3.63) is 30.0 Å². The van der Waals surface area contributed by atoms with Gasteiger partial charge in [-0.2, -0.15) is 5.26 Å². The number of rotatable bonds is 7. The lowest BCUT2D eigenvalue weighted by Gasteiger charge is -2.19. The Balaban J connectivity index is 1.47. The normalized spacial score (nSPS) is 21.9. The Kier molecular flexibility index (Phi) is 5.20. The SMILES string of the molecule is CC(C)Oc1cc2c(OC[C@@H]3[C@H]4CN(C(=O)CC#N)C[C@@H]34)ccnc2cc1C(N)=O. The zero-order valence-corrected chi connectivity index (χ0v) is 17.0. The van der Waals surface area contributed by atoms with Gasteiger partial charge < -0.3 is 20.1 Å². The van der Waals surface area contributed by atoms with Crippen molar-refractivity contribution in [3.63, 3.8) is 0 Å². The average molecular weight is 408 g/mol. The van der Waals surface area contributed by atoms with E-state index in [2.05, 4.69) is 4.98 Å². The van der Waals surface area contributed by atoms with Crippen LogP contribution in [0.25, 0.3) is 10.9 Å². The molecule has 2 aromatic rings. The van der Waals surface area contributed by atoms with E-state index in [4.69, 9.17) is 20.5 Å². The maximum absolute atomic E-state index is 11.8. The molecule has 8 nitrogen and oxygen atoms in total. The van der Waals surface area contributed by atoms with Crippen molar-refractivity contribution >= 4 is 22.7 Å². The third-order valence-electron chi connectivity index (χ3n) is 5.82. The molecule has 0 radical (unpaired) electrons. The molecule has 2 amide bonds. The molecule has 2 heterocycles. The van der Waals surface area contributed by atoms with E-state index in [1.54, 1.807) is 29.3 Å². The minimum atomic E-state index is -0.568. The highest BCUT2D eigenvalue weighted by Crippen LogP contribution is 2.52. The number of ether oxygens (including phenoxy) is 2. The topological polar surface area (TPSA) is 119 Å². The fraction of sp³-hybridized carbons (Fsp3) is 0.455. The minimum Gasteiger partial charge on any atom is -0.493 e. The van der Waals surface area contributed by atoms with E-state index in [1.807, 2.05) is 19.9 Å². The van der Waals surface area contributed by atoms with Gasteiger partial charge in [-0.25, -0.2) is 0 Å². The van der Waals surface area contributed by atoms with Crippen molar-refractivity contribution in [1.29, 1.82) is 5.26 Å². The van der Waals surface area contributed by atoms with Crippen LogP contribution in [0.4, 0.5) is 0 Å². The molecule has 0 unspecified atom stereocenters. The number of nitriles is 1. The number of benzene rings is 1. The van der Waals surface area contributed by atoms with Crippen LogP contribution in [-0.2, 0) is 4.79 Å². The molecule has 3 atom stereocenters. The quantitative estimate of drug-likeness (QED) is 0.750. The molecule has 1 aliphatic heterocycles. The fourth-order valence-electron chi connectivity index (χ4n) is 4.28. The molecule has 4 rings (SSSR count). The van der Waals surface area contributed by atoms with Gasteiger partial charge in [-0.05, 0) is 43.9 Å². The molecule has 2 fully saturated rings. The van der Waals surface area contributed by atoms with Crippen molar-refractivity contribution in [2.24, 2.45) is 23.5 Å². The van der Waals surface area contributed by atoms with Crippen LogP contribution < -0.4 is 15.2 Å². The number of likely N-dealkylation sites (tertiary alicyclic amines) is 1. The first-order valence-corrected chi connectivity index (χ1v) is 10.1. The third kappa shape index (κ3) is 3.75. The van der Waals surface area contributed by atoms with Gasteiger partial charge in [0.15, 0.2) is 0 Å². The molecule has 2 aliphatic rings. The number of hydrogen-bond donors (Lipinski definition) is 1. The molecular weight excluding hydrogens is 384 g/mol. The number of carbonyl (C=O) groups excluding carboxylic acids is 2. The number of amides is 2. The van der Waals surface area contributed by atoms with Crippen LogP contribution in [0.1, 0.15) is 30.6 Å². The maximum Gasteiger partial charge on any atom is 0.252 e. The van der Waals surface area contributed by atoms with Gasteiger partial charge in [0.05, 0.1) is 29.9 Å². The van der Waals surface area contributed by atoms with Gasteiger partial charge in [-0.3, -0.25) is 14.6 Å². The number of piperidine rings is 1. The largest absolute Gasteiger partial charge is 0.493 e. The van der Waals surface area contributed by atoms with Gasteiger partial charge in [0.25, 0.3) is 5.91 Å². The second-order valence-electron chi connectivity index (χ2n) is 8.14. The number of primary amides is 1. The Morgan fingerprint density at radius 3 is 2.67 bits per heavy atom. The molecular formula is C22H24N4O4. The molecule has 1 aromatic carbocycles. The number of nitrogens with two attached hydrogens (primary N) is 1. The Morgan fingerprint density at radius 2 is 2.03 bits per heavy atom. The summed E-state index contributed by atoms with van der Waals surface area (Å²) in [5, 5.41) is 9.44. The molecule has 30 heavy (non-hydrogen) atoms. The lowest BCUT2D eigenvalue weighted by atomic mass is 10.1. The van der Waals surface area contributed by atoms with E-state index >= 15 is 0 Å².